The third-order valence-electron chi connectivity index (χ3n) is 3.40. The standard InChI is InChI=1S/C16H15FN4O3/c1-10-13(9-18)15(23)21(7-2-8-22)16(24)14(10)20-19-12-5-3-11(17)4-6-12/h3-6,22-23H,2,7-8H2,1H3. The molecule has 0 fully saturated rings. The maximum atomic E-state index is 12.9. The van der Waals surface area contributed by atoms with Crippen molar-refractivity contribution in [2.24, 2.45) is 10.2 Å². The molecular formula is C16H15FN4O3. The van der Waals surface area contributed by atoms with Crippen molar-refractivity contribution in [3.63, 3.8) is 0 Å². The molecule has 0 saturated carbocycles. The molecule has 1 aromatic carbocycles. The van der Waals surface area contributed by atoms with E-state index in [0.29, 0.717) is 5.69 Å². The van der Waals surface area contributed by atoms with Crippen molar-refractivity contribution < 1.29 is 14.6 Å². The fourth-order valence-corrected chi connectivity index (χ4v) is 2.11. The van der Waals surface area contributed by atoms with E-state index in [1.807, 2.05) is 6.07 Å². The van der Waals surface area contributed by atoms with Crippen molar-refractivity contribution in [2.75, 3.05) is 6.61 Å². The zero-order valence-corrected chi connectivity index (χ0v) is 12.9. The van der Waals surface area contributed by atoms with Gasteiger partial charge in [-0.2, -0.15) is 10.4 Å². The molecule has 0 aliphatic carbocycles. The molecule has 0 radical (unpaired) electrons. The van der Waals surface area contributed by atoms with Gasteiger partial charge in [0.2, 0.25) is 5.88 Å². The maximum absolute atomic E-state index is 12.9. The lowest BCUT2D eigenvalue weighted by atomic mass is 10.1. The fraction of sp³-hybridized carbons (Fsp3) is 0.250. The summed E-state index contributed by atoms with van der Waals surface area (Å²) in [5.74, 6) is -0.887. The van der Waals surface area contributed by atoms with Crippen molar-refractivity contribution in [1.29, 1.82) is 5.26 Å². The third-order valence-corrected chi connectivity index (χ3v) is 3.40. The van der Waals surface area contributed by atoms with Gasteiger partial charge in [-0.15, -0.1) is 5.11 Å². The highest BCUT2D eigenvalue weighted by molar-refractivity contribution is 5.56. The van der Waals surface area contributed by atoms with Crippen LogP contribution in [0.5, 0.6) is 5.88 Å². The zero-order chi connectivity index (χ0) is 17.7. The van der Waals surface area contributed by atoms with Crippen LogP contribution in [-0.2, 0) is 6.54 Å². The van der Waals surface area contributed by atoms with Crippen molar-refractivity contribution in [3.8, 4) is 11.9 Å². The summed E-state index contributed by atoms with van der Waals surface area (Å²) in [6.07, 6.45) is 0.232. The first-order chi connectivity index (χ1) is 11.5. The lowest BCUT2D eigenvalue weighted by Crippen LogP contribution is -2.22. The highest BCUT2D eigenvalue weighted by atomic mass is 19.1. The number of aliphatic hydroxyl groups is 1. The van der Waals surface area contributed by atoms with Gasteiger partial charge in [0.1, 0.15) is 17.4 Å². The fourth-order valence-electron chi connectivity index (χ4n) is 2.11. The number of aromatic hydroxyl groups is 1. The Labute approximate surface area is 136 Å². The normalized spacial score (nSPS) is 10.9. The molecular weight excluding hydrogens is 315 g/mol. The molecule has 24 heavy (non-hydrogen) atoms. The van der Waals surface area contributed by atoms with Crippen LogP contribution in [0.25, 0.3) is 0 Å². The van der Waals surface area contributed by atoms with E-state index in [1.54, 1.807) is 0 Å². The van der Waals surface area contributed by atoms with Crippen LogP contribution in [-0.4, -0.2) is 21.4 Å². The molecule has 1 heterocycles. The average molecular weight is 330 g/mol. The van der Waals surface area contributed by atoms with Crippen molar-refractivity contribution >= 4 is 11.4 Å². The van der Waals surface area contributed by atoms with E-state index in [9.17, 15) is 19.6 Å². The average Bonchev–Trinajstić information content (AvgIpc) is 2.57. The maximum Gasteiger partial charge on any atom is 0.281 e. The number of nitriles is 1. The zero-order valence-electron chi connectivity index (χ0n) is 12.9. The minimum absolute atomic E-state index is 0.0369. The molecule has 0 aliphatic heterocycles. The van der Waals surface area contributed by atoms with Gasteiger partial charge in [-0.3, -0.25) is 9.36 Å². The van der Waals surface area contributed by atoms with Crippen LogP contribution < -0.4 is 5.56 Å². The van der Waals surface area contributed by atoms with Crippen LogP contribution in [0.3, 0.4) is 0 Å². The topological polar surface area (TPSA) is 111 Å². The summed E-state index contributed by atoms with van der Waals surface area (Å²) in [5, 5.41) is 35.9. The molecule has 2 rings (SSSR count). The summed E-state index contributed by atoms with van der Waals surface area (Å²) < 4.78 is 13.9. The Morgan fingerprint density at radius 1 is 1.29 bits per heavy atom. The van der Waals surface area contributed by atoms with E-state index in [1.165, 1.54) is 31.2 Å². The third kappa shape index (κ3) is 3.47. The SMILES string of the molecule is Cc1c(C#N)c(O)n(CCCO)c(=O)c1N=Nc1ccc(F)cc1. The van der Waals surface area contributed by atoms with Gasteiger partial charge in [0.05, 0.1) is 5.69 Å². The lowest BCUT2D eigenvalue weighted by molar-refractivity contribution is 0.274. The molecule has 0 bridgehead atoms. The van der Waals surface area contributed by atoms with Crippen LogP contribution >= 0.6 is 0 Å². The number of aliphatic hydroxyl groups excluding tert-OH is 1. The lowest BCUT2D eigenvalue weighted by Gasteiger charge is -2.12. The Balaban J connectivity index is 2.54. The molecule has 7 nitrogen and oxygen atoms in total. The van der Waals surface area contributed by atoms with E-state index < -0.39 is 17.3 Å². The molecule has 0 amide bonds. The summed E-state index contributed by atoms with van der Waals surface area (Å²) >= 11 is 0. The van der Waals surface area contributed by atoms with E-state index in [0.717, 1.165) is 4.57 Å². The van der Waals surface area contributed by atoms with Gasteiger partial charge in [0.25, 0.3) is 5.56 Å². The first-order valence-corrected chi connectivity index (χ1v) is 7.14. The molecule has 0 spiro atoms. The quantitative estimate of drug-likeness (QED) is 0.821. The van der Waals surface area contributed by atoms with E-state index >= 15 is 0 Å². The Morgan fingerprint density at radius 3 is 2.54 bits per heavy atom. The summed E-state index contributed by atoms with van der Waals surface area (Å²) in [6, 6.07) is 7.03. The number of pyridine rings is 1. The summed E-state index contributed by atoms with van der Waals surface area (Å²) in [4.78, 5) is 12.5. The number of benzene rings is 1. The molecule has 0 aliphatic rings. The molecule has 8 heteroatoms. The summed E-state index contributed by atoms with van der Waals surface area (Å²) in [7, 11) is 0. The monoisotopic (exact) mass is 330 g/mol. The number of halogens is 1. The Hall–Kier alpha value is -3.05. The first-order valence-electron chi connectivity index (χ1n) is 7.14. The van der Waals surface area contributed by atoms with Crippen LogP contribution in [0.2, 0.25) is 0 Å². The van der Waals surface area contributed by atoms with Gasteiger partial charge in [0, 0.05) is 18.7 Å². The predicted molar refractivity (Wildman–Crippen MR) is 84.1 cm³/mol. The van der Waals surface area contributed by atoms with E-state index in [-0.39, 0.29) is 36.4 Å². The second-order valence-electron chi connectivity index (χ2n) is 4.99. The number of aromatic nitrogens is 1. The van der Waals surface area contributed by atoms with Gasteiger partial charge < -0.3 is 10.2 Å². The Morgan fingerprint density at radius 2 is 1.96 bits per heavy atom. The van der Waals surface area contributed by atoms with Crippen LogP contribution in [0, 0.1) is 24.1 Å². The second-order valence-corrected chi connectivity index (χ2v) is 4.99. The highest BCUT2D eigenvalue weighted by Crippen LogP contribution is 2.27. The molecule has 0 saturated heterocycles. The van der Waals surface area contributed by atoms with E-state index in [4.69, 9.17) is 5.11 Å². The number of hydrogen-bond donors (Lipinski definition) is 2. The number of rotatable bonds is 5. The predicted octanol–water partition coefficient (Wildman–Crippen LogP) is 2.67. The molecule has 0 unspecified atom stereocenters. The Kier molecular flexibility index (Phi) is 5.39. The van der Waals surface area contributed by atoms with Crippen molar-refractivity contribution in [3.05, 3.63) is 51.6 Å². The van der Waals surface area contributed by atoms with Gasteiger partial charge >= 0.3 is 0 Å². The minimum atomic E-state index is -0.622. The summed E-state index contributed by atoms with van der Waals surface area (Å²) in [5.41, 5.74) is -0.259. The van der Waals surface area contributed by atoms with Crippen molar-refractivity contribution in [2.45, 2.75) is 19.9 Å². The van der Waals surface area contributed by atoms with Crippen LogP contribution in [0.15, 0.2) is 39.3 Å². The second kappa shape index (κ2) is 7.48. The minimum Gasteiger partial charge on any atom is -0.493 e. The van der Waals surface area contributed by atoms with Gasteiger partial charge in [0.15, 0.2) is 5.69 Å². The Bertz CT molecular complexity index is 867. The molecule has 2 aromatic rings. The van der Waals surface area contributed by atoms with Gasteiger partial charge in [-0.05, 0) is 37.6 Å². The molecule has 2 N–H and O–H groups in total. The highest BCUT2D eigenvalue weighted by Gasteiger charge is 2.18. The first kappa shape index (κ1) is 17.3. The number of azo groups is 1. The molecule has 124 valence electrons. The summed E-state index contributed by atoms with van der Waals surface area (Å²) in [6.45, 7) is 1.35. The smallest absolute Gasteiger partial charge is 0.281 e. The van der Waals surface area contributed by atoms with Gasteiger partial charge in [-0.1, -0.05) is 0 Å². The van der Waals surface area contributed by atoms with Gasteiger partial charge in [-0.25, -0.2) is 4.39 Å². The molecule has 1 aromatic heterocycles. The van der Waals surface area contributed by atoms with E-state index in [2.05, 4.69) is 10.2 Å². The number of nitrogens with zero attached hydrogens (tertiary/aromatic N) is 4. The number of hydrogen-bond acceptors (Lipinski definition) is 6. The van der Waals surface area contributed by atoms with Crippen molar-refractivity contribution in [1.82, 2.24) is 4.57 Å². The van der Waals surface area contributed by atoms with Crippen LogP contribution in [0.4, 0.5) is 15.8 Å². The van der Waals surface area contributed by atoms with Crippen LogP contribution in [0.1, 0.15) is 17.5 Å². The molecule has 0 atom stereocenters. The largest absolute Gasteiger partial charge is 0.493 e.